The number of hydrogen-bond acceptors (Lipinski definition) is 3. The summed E-state index contributed by atoms with van der Waals surface area (Å²) in [6.45, 7) is 8.82. The molecule has 0 spiro atoms. The number of rotatable bonds is 7. The summed E-state index contributed by atoms with van der Waals surface area (Å²) in [4.78, 5) is 26.1. The highest BCUT2D eigenvalue weighted by atomic mass is 16.5. The highest BCUT2D eigenvalue weighted by Gasteiger charge is 2.38. The minimum absolute atomic E-state index is 0.0212. The molecule has 0 bridgehead atoms. The number of ether oxygens (including phenoxy) is 1. The van der Waals surface area contributed by atoms with Gasteiger partial charge in [-0.05, 0) is 26.7 Å². The van der Waals surface area contributed by atoms with Crippen LogP contribution in [0.15, 0.2) is 0 Å². The molecule has 1 saturated heterocycles. The zero-order valence-corrected chi connectivity index (χ0v) is 12.4. The number of carbonyl (C=O) groups is 2. The lowest BCUT2D eigenvalue weighted by Gasteiger charge is -2.38. The molecule has 19 heavy (non-hydrogen) atoms. The van der Waals surface area contributed by atoms with Crippen molar-refractivity contribution in [1.29, 1.82) is 0 Å². The average molecular weight is 270 g/mol. The Labute approximate surface area is 115 Å². The van der Waals surface area contributed by atoms with E-state index in [9.17, 15) is 9.59 Å². The summed E-state index contributed by atoms with van der Waals surface area (Å²) >= 11 is 0. The smallest absolute Gasteiger partial charge is 0.245 e. The molecule has 2 atom stereocenters. The molecule has 5 heteroatoms. The molecule has 1 aliphatic heterocycles. The molecule has 1 N–H and O–H groups in total. The van der Waals surface area contributed by atoms with Crippen LogP contribution in [-0.2, 0) is 14.3 Å². The zero-order valence-electron chi connectivity index (χ0n) is 12.4. The van der Waals surface area contributed by atoms with Crippen LogP contribution in [0.3, 0.4) is 0 Å². The molecule has 1 heterocycles. The standard InChI is InChI=1S/C14H26N2O3/c1-5-7-12-13(17)15-11(6-2)14(18)16(12)8-9-19-10(3)4/h10-12H,5-9H2,1-4H3,(H,15,17). The summed E-state index contributed by atoms with van der Waals surface area (Å²) < 4.78 is 5.50. The predicted octanol–water partition coefficient (Wildman–Crippen LogP) is 1.32. The maximum Gasteiger partial charge on any atom is 0.245 e. The SMILES string of the molecule is CCCC1C(=O)NC(CC)C(=O)N1CCOC(C)C. The Morgan fingerprint density at radius 3 is 2.53 bits per heavy atom. The first-order valence-electron chi connectivity index (χ1n) is 7.23. The van der Waals surface area contributed by atoms with E-state index >= 15 is 0 Å². The third-order valence-corrected chi connectivity index (χ3v) is 3.33. The van der Waals surface area contributed by atoms with E-state index in [1.807, 2.05) is 27.7 Å². The van der Waals surface area contributed by atoms with Gasteiger partial charge in [-0.3, -0.25) is 9.59 Å². The van der Waals surface area contributed by atoms with Crippen molar-refractivity contribution in [3.8, 4) is 0 Å². The molecular weight excluding hydrogens is 244 g/mol. The Bertz CT molecular complexity index is 318. The average Bonchev–Trinajstić information content (AvgIpc) is 2.36. The van der Waals surface area contributed by atoms with Gasteiger partial charge in [0, 0.05) is 6.54 Å². The van der Waals surface area contributed by atoms with Crippen molar-refractivity contribution in [3.63, 3.8) is 0 Å². The van der Waals surface area contributed by atoms with E-state index in [1.54, 1.807) is 4.90 Å². The highest BCUT2D eigenvalue weighted by molar-refractivity contribution is 5.96. The number of hydrogen-bond donors (Lipinski definition) is 1. The van der Waals surface area contributed by atoms with E-state index in [0.717, 1.165) is 6.42 Å². The van der Waals surface area contributed by atoms with Crippen molar-refractivity contribution in [1.82, 2.24) is 10.2 Å². The number of amides is 2. The normalized spacial score (nSPS) is 23.9. The predicted molar refractivity (Wildman–Crippen MR) is 73.7 cm³/mol. The maximum absolute atomic E-state index is 12.3. The molecule has 2 amide bonds. The topological polar surface area (TPSA) is 58.6 Å². The van der Waals surface area contributed by atoms with Crippen LogP contribution in [0.25, 0.3) is 0 Å². The zero-order chi connectivity index (χ0) is 14.4. The molecule has 0 aliphatic carbocycles. The second-order valence-corrected chi connectivity index (χ2v) is 5.23. The third kappa shape index (κ3) is 4.20. The second-order valence-electron chi connectivity index (χ2n) is 5.23. The molecule has 0 aromatic carbocycles. The van der Waals surface area contributed by atoms with Gasteiger partial charge in [0.05, 0.1) is 12.7 Å². The van der Waals surface area contributed by atoms with Crippen LogP contribution in [-0.4, -0.2) is 48.1 Å². The Hall–Kier alpha value is -1.10. The van der Waals surface area contributed by atoms with Gasteiger partial charge in [-0.1, -0.05) is 20.3 Å². The van der Waals surface area contributed by atoms with Crippen LogP contribution in [0.2, 0.25) is 0 Å². The quantitative estimate of drug-likeness (QED) is 0.759. The Morgan fingerprint density at radius 1 is 1.32 bits per heavy atom. The van der Waals surface area contributed by atoms with Crippen LogP contribution in [0, 0.1) is 0 Å². The fraction of sp³-hybridized carbons (Fsp3) is 0.857. The first kappa shape index (κ1) is 16.0. The van der Waals surface area contributed by atoms with Crippen molar-refractivity contribution < 1.29 is 14.3 Å². The molecule has 5 nitrogen and oxygen atoms in total. The molecule has 1 rings (SSSR count). The Kier molecular flexibility index (Phi) is 6.28. The van der Waals surface area contributed by atoms with Crippen LogP contribution in [0.4, 0.5) is 0 Å². The van der Waals surface area contributed by atoms with E-state index in [4.69, 9.17) is 4.74 Å². The summed E-state index contributed by atoms with van der Waals surface area (Å²) in [6.07, 6.45) is 2.35. The van der Waals surface area contributed by atoms with Crippen molar-refractivity contribution >= 4 is 11.8 Å². The molecule has 1 fully saturated rings. The molecule has 0 aromatic heterocycles. The van der Waals surface area contributed by atoms with E-state index in [2.05, 4.69) is 5.32 Å². The van der Waals surface area contributed by atoms with Crippen molar-refractivity contribution in [2.45, 2.75) is 65.1 Å². The second kappa shape index (κ2) is 7.48. The summed E-state index contributed by atoms with van der Waals surface area (Å²) in [5, 5.41) is 2.81. The van der Waals surface area contributed by atoms with Crippen molar-refractivity contribution in [3.05, 3.63) is 0 Å². The highest BCUT2D eigenvalue weighted by Crippen LogP contribution is 2.16. The van der Waals surface area contributed by atoms with Gasteiger partial charge in [0.15, 0.2) is 0 Å². The Morgan fingerprint density at radius 2 is 2.00 bits per heavy atom. The molecule has 1 aliphatic rings. The van der Waals surface area contributed by atoms with E-state index in [1.165, 1.54) is 0 Å². The van der Waals surface area contributed by atoms with Gasteiger partial charge in [-0.15, -0.1) is 0 Å². The minimum atomic E-state index is -0.375. The lowest BCUT2D eigenvalue weighted by molar-refractivity contribution is -0.150. The van der Waals surface area contributed by atoms with E-state index < -0.39 is 0 Å². The molecule has 0 aromatic rings. The number of carbonyl (C=O) groups excluding carboxylic acids is 2. The van der Waals surface area contributed by atoms with E-state index in [0.29, 0.717) is 26.0 Å². The molecule has 2 unspecified atom stereocenters. The molecule has 110 valence electrons. The van der Waals surface area contributed by atoms with Crippen LogP contribution >= 0.6 is 0 Å². The lowest BCUT2D eigenvalue weighted by atomic mass is 10.0. The van der Waals surface area contributed by atoms with Gasteiger partial charge in [-0.2, -0.15) is 0 Å². The first-order chi connectivity index (χ1) is 9.01. The monoisotopic (exact) mass is 270 g/mol. The minimum Gasteiger partial charge on any atom is -0.377 e. The summed E-state index contributed by atoms with van der Waals surface area (Å²) in [7, 11) is 0. The first-order valence-corrected chi connectivity index (χ1v) is 7.23. The van der Waals surface area contributed by atoms with Crippen molar-refractivity contribution in [2.24, 2.45) is 0 Å². The molecular formula is C14H26N2O3. The van der Waals surface area contributed by atoms with Gasteiger partial charge in [0.1, 0.15) is 12.1 Å². The van der Waals surface area contributed by atoms with Gasteiger partial charge in [0.25, 0.3) is 0 Å². The fourth-order valence-electron chi connectivity index (χ4n) is 2.31. The van der Waals surface area contributed by atoms with Gasteiger partial charge >= 0.3 is 0 Å². The number of nitrogens with zero attached hydrogens (tertiary/aromatic N) is 1. The Balaban J connectivity index is 2.71. The maximum atomic E-state index is 12.3. The largest absolute Gasteiger partial charge is 0.377 e. The van der Waals surface area contributed by atoms with Crippen LogP contribution in [0.1, 0.15) is 47.0 Å². The lowest BCUT2D eigenvalue weighted by Crippen LogP contribution is -2.63. The number of piperazine rings is 1. The summed E-state index contributed by atoms with van der Waals surface area (Å²) in [5.74, 6) is -0.00856. The summed E-state index contributed by atoms with van der Waals surface area (Å²) in [6, 6.07) is -0.712. The van der Waals surface area contributed by atoms with Gasteiger partial charge in [-0.25, -0.2) is 0 Å². The van der Waals surface area contributed by atoms with E-state index in [-0.39, 0.29) is 30.0 Å². The molecule has 0 radical (unpaired) electrons. The summed E-state index contributed by atoms with van der Waals surface area (Å²) in [5.41, 5.74) is 0. The third-order valence-electron chi connectivity index (χ3n) is 3.33. The van der Waals surface area contributed by atoms with Crippen LogP contribution < -0.4 is 5.32 Å². The van der Waals surface area contributed by atoms with Gasteiger partial charge < -0.3 is 15.0 Å². The fourth-order valence-corrected chi connectivity index (χ4v) is 2.31. The number of nitrogens with one attached hydrogen (secondary N) is 1. The van der Waals surface area contributed by atoms with Gasteiger partial charge in [0.2, 0.25) is 11.8 Å². The van der Waals surface area contributed by atoms with Crippen molar-refractivity contribution in [2.75, 3.05) is 13.2 Å². The van der Waals surface area contributed by atoms with Crippen LogP contribution in [0.5, 0.6) is 0 Å². The molecule has 0 saturated carbocycles.